The second-order valence-corrected chi connectivity index (χ2v) is 4.61. The SMILES string of the molecule is COc1ccc(OC)c(OC(=O)[C@H](O)[C@@H](O)[C@H](O)[C@H](O)CO)c1. The summed E-state index contributed by atoms with van der Waals surface area (Å²) in [7, 11) is 2.74. The van der Waals surface area contributed by atoms with E-state index in [1.807, 2.05) is 0 Å². The van der Waals surface area contributed by atoms with E-state index in [1.54, 1.807) is 6.07 Å². The molecule has 130 valence electrons. The number of rotatable bonds is 8. The minimum absolute atomic E-state index is 0.0692. The van der Waals surface area contributed by atoms with Crippen molar-refractivity contribution in [2.45, 2.75) is 24.4 Å². The number of aliphatic hydroxyl groups excluding tert-OH is 5. The van der Waals surface area contributed by atoms with Crippen LogP contribution in [0.1, 0.15) is 0 Å². The Morgan fingerprint density at radius 1 is 1.04 bits per heavy atom. The molecular weight excluding hydrogens is 312 g/mol. The second-order valence-electron chi connectivity index (χ2n) is 4.61. The standard InChI is InChI=1S/C14H20O9/c1-21-7-3-4-9(22-2)10(5-7)23-14(20)13(19)12(18)11(17)8(16)6-15/h3-5,8,11-13,15-19H,6H2,1-2H3/t8-,11-,12+,13-/m1/s1. The first-order valence-electron chi connectivity index (χ1n) is 6.62. The van der Waals surface area contributed by atoms with Gasteiger partial charge in [0.2, 0.25) is 0 Å². The maximum absolute atomic E-state index is 11.9. The summed E-state index contributed by atoms with van der Waals surface area (Å²) in [6.45, 7) is -0.857. The maximum Gasteiger partial charge on any atom is 0.343 e. The Kier molecular flexibility index (Phi) is 7.20. The van der Waals surface area contributed by atoms with E-state index in [9.17, 15) is 25.2 Å². The first kappa shape index (κ1) is 19.1. The van der Waals surface area contributed by atoms with Gasteiger partial charge in [0.1, 0.15) is 24.1 Å². The zero-order valence-electron chi connectivity index (χ0n) is 12.6. The largest absolute Gasteiger partial charge is 0.497 e. The number of methoxy groups -OCH3 is 2. The summed E-state index contributed by atoms with van der Waals surface area (Å²) in [5, 5.41) is 46.7. The van der Waals surface area contributed by atoms with Gasteiger partial charge in [0.25, 0.3) is 0 Å². The van der Waals surface area contributed by atoms with E-state index < -0.39 is 37.0 Å². The highest BCUT2D eigenvalue weighted by Crippen LogP contribution is 2.31. The Hall–Kier alpha value is -1.91. The molecule has 0 radical (unpaired) electrons. The lowest BCUT2D eigenvalue weighted by Gasteiger charge is -2.24. The van der Waals surface area contributed by atoms with Crippen LogP contribution in [0.25, 0.3) is 0 Å². The zero-order chi connectivity index (χ0) is 17.6. The molecule has 4 atom stereocenters. The van der Waals surface area contributed by atoms with E-state index in [0.717, 1.165) is 0 Å². The summed E-state index contributed by atoms with van der Waals surface area (Å²) < 4.78 is 14.9. The molecule has 9 heteroatoms. The third-order valence-corrected chi connectivity index (χ3v) is 3.08. The molecule has 0 aliphatic carbocycles. The summed E-state index contributed by atoms with van der Waals surface area (Å²) in [5.74, 6) is -0.815. The molecule has 0 unspecified atom stereocenters. The van der Waals surface area contributed by atoms with E-state index in [1.165, 1.54) is 26.4 Å². The smallest absolute Gasteiger partial charge is 0.343 e. The molecule has 0 spiro atoms. The maximum atomic E-state index is 11.9. The van der Waals surface area contributed by atoms with Crippen LogP contribution in [0.3, 0.4) is 0 Å². The number of ether oxygens (including phenoxy) is 3. The van der Waals surface area contributed by atoms with E-state index in [2.05, 4.69) is 0 Å². The van der Waals surface area contributed by atoms with Crippen molar-refractivity contribution < 1.29 is 44.5 Å². The van der Waals surface area contributed by atoms with Crippen LogP contribution < -0.4 is 14.2 Å². The van der Waals surface area contributed by atoms with E-state index >= 15 is 0 Å². The Morgan fingerprint density at radius 2 is 1.70 bits per heavy atom. The van der Waals surface area contributed by atoms with Crippen LogP contribution in [0.15, 0.2) is 18.2 Å². The fourth-order valence-electron chi connectivity index (χ4n) is 1.69. The van der Waals surface area contributed by atoms with Gasteiger partial charge in [0.15, 0.2) is 17.6 Å². The normalized spacial score (nSPS) is 16.1. The van der Waals surface area contributed by atoms with Crippen molar-refractivity contribution in [2.75, 3.05) is 20.8 Å². The van der Waals surface area contributed by atoms with Crippen LogP contribution in [0.5, 0.6) is 17.2 Å². The first-order valence-corrected chi connectivity index (χ1v) is 6.62. The Bertz CT molecular complexity index is 519. The van der Waals surface area contributed by atoms with Gasteiger partial charge >= 0.3 is 5.97 Å². The molecule has 1 aromatic rings. The lowest BCUT2D eigenvalue weighted by Crippen LogP contribution is -2.49. The fourth-order valence-corrected chi connectivity index (χ4v) is 1.69. The summed E-state index contributed by atoms with van der Waals surface area (Å²) >= 11 is 0. The van der Waals surface area contributed by atoms with Crippen LogP contribution in [0, 0.1) is 0 Å². The molecule has 0 aromatic heterocycles. The third-order valence-electron chi connectivity index (χ3n) is 3.08. The molecule has 0 bridgehead atoms. The monoisotopic (exact) mass is 332 g/mol. The van der Waals surface area contributed by atoms with Crippen LogP contribution in [0.2, 0.25) is 0 Å². The topological polar surface area (TPSA) is 146 Å². The van der Waals surface area contributed by atoms with Crippen LogP contribution in [0.4, 0.5) is 0 Å². The van der Waals surface area contributed by atoms with Crippen molar-refractivity contribution in [3.05, 3.63) is 18.2 Å². The molecule has 0 amide bonds. The minimum Gasteiger partial charge on any atom is -0.497 e. The van der Waals surface area contributed by atoms with Gasteiger partial charge in [0.05, 0.1) is 20.8 Å². The number of esters is 1. The van der Waals surface area contributed by atoms with Crippen LogP contribution in [-0.4, -0.2) is 76.7 Å². The quantitative estimate of drug-likeness (QED) is 0.271. The number of carbonyl (C=O) groups is 1. The molecule has 23 heavy (non-hydrogen) atoms. The Balaban J connectivity index is 2.86. The average molecular weight is 332 g/mol. The van der Waals surface area contributed by atoms with Gasteiger partial charge in [0, 0.05) is 6.07 Å². The van der Waals surface area contributed by atoms with Crippen LogP contribution >= 0.6 is 0 Å². The molecule has 5 N–H and O–H groups in total. The molecule has 0 fully saturated rings. The van der Waals surface area contributed by atoms with Gasteiger partial charge in [-0.25, -0.2) is 4.79 Å². The highest BCUT2D eigenvalue weighted by atomic mass is 16.6. The summed E-state index contributed by atoms with van der Waals surface area (Å²) in [5.41, 5.74) is 0. The minimum atomic E-state index is -2.15. The first-order chi connectivity index (χ1) is 10.8. The van der Waals surface area contributed by atoms with Crippen molar-refractivity contribution in [1.82, 2.24) is 0 Å². The average Bonchev–Trinajstić information content (AvgIpc) is 2.58. The molecule has 0 aliphatic heterocycles. The molecule has 0 aliphatic rings. The number of hydrogen-bond acceptors (Lipinski definition) is 9. The third kappa shape index (κ3) is 4.78. The van der Waals surface area contributed by atoms with Crippen molar-refractivity contribution in [1.29, 1.82) is 0 Å². The molecule has 1 rings (SSSR count). The second kappa shape index (κ2) is 8.65. The molecule has 0 saturated carbocycles. The number of benzene rings is 1. The van der Waals surface area contributed by atoms with Crippen molar-refractivity contribution >= 4 is 5.97 Å². The zero-order valence-corrected chi connectivity index (χ0v) is 12.6. The van der Waals surface area contributed by atoms with Crippen molar-refractivity contribution in [3.8, 4) is 17.2 Å². The predicted octanol–water partition coefficient (Wildman–Crippen LogP) is -1.95. The van der Waals surface area contributed by atoms with Gasteiger partial charge in [-0.3, -0.25) is 0 Å². The van der Waals surface area contributed by atoms with Gasteiger partial charge in [-0.2, -0.15) is 0 Å². The molecule has 9 nitrogen and oxygen atoms in total. The predicted molar refractivity (Wildman–Crippen MR) is 76.3 cm³/mol. The van der Waals surface area contributed by atoms with Crippen LogP contribution in [-0.2, 0) is 4.79 Å². The van der Waals surface area contributed by atoms with Gasteiger partial charge in [-0.05, 0) is 12.1 Å². The van der Waals surface area contributed by atoms with Gasteiger partial charge < -0.3 is 39.7 Å². The lowest BCUT2D eigenvalue weighted by atomic mass is 10.0. The van der Waals surface area contributed by atoms with Gasteiger partial charge in [-0.1, -0.05) is 0 Å². The number of carbonyl (C=O) groups excluding carboxylic acids is 1. The highest BCUT2D eigenvalue weighted by molar-refractivity contribution is 5.78. The Labute approximate surface area is 132 Å². The summed E-state index contributed by atoms with van der Waals surface area (Å²) in [6.07, 6.45) is -7.86. The Morgan fingerprint density at radius 3 is 2.22 bits per heavy atom. The van der Waals surface area contributed by atoms with E-state index in [-0.39, 0.29) is 11.5 Å². The fraction of sp³-hybridized carbons (Fsp3) is 0.500. The molecule has 0 saturated heterocycles. The molecule has 0 heterocycles. The molecular formula is C14H20O9. The molecule has 1 aromatic carbocycles. The van der Waals surface area contributed by atoms with Crippen molar-refractivity contribution in [2.24, 2.45) is 0 Å². The van der Waals surface area contributed by atoms with E-state index in [4.69, 9.17) is 19.3 Å². The highest BCUT2D eigenvalue weighted by Gasteiger charge is 2.35. The summed E-state index contributed by atoms with van der Waals surface area (Å²) in [6, 6.07) is 4.35. The number of aliphatic hydroxyl groups is 5. The lowest BCUT2D eigenvalue weighted by molar-refractivity contribution is -0.161. The van der Waals surface area contributed by atoms with Crippen molar-refractivity contribution in [3.63, 3.8) is 0 Å². The van der Waals surface area contributed by atoms with Gasteiger partial charge in [-0.15, -0.1) is 0 Å². The number of hydrogen-bond donors (Lipinski definition) is 5. The van der Waals surface area contributed by atoms with E-state index in [0.29, 0.717) is 5.75 Å². The summed E-state index contributed by atoms with van der Waals surface area (Å²) in [4.78, 5) is 11.9.